The fraction of sp³-hybridized carbons (Fsp3) is 0.0556. The van der Waals surface area contributed by atoms with Crippen molar-refractivity contribution < 1.29 is 8.42 Å². The third-order valence-corrected chi connectivity index (χ3v) is 20.4. The molecule has 0 saturated heterocycles. The summed E-state index contributed by atoms with van der Waals surface area (Å²) in [6.07, 6.45) is 14.6. The molecule has 6 heterocycles. The molecule has 0 aliphatic rings. The zero-order valence-corrected chi connectivity index (χ0v) is 47.2. The summed E-state index contributed by atoms with van der Waals surface area (Å²) in [5.41, 5.74) is 19.6. The molecule has 81 heavy (non-hydrogen) atoms. The molecule has 0 unspecified atom stereocenters. The predicted octanol–water partition coefficient (Wildman–Crippen LogP) is 19.4. The van der Waals surface area contributed by atoms with Crippen LogP contribution in [0.15, 0.2) is 241 Å². The molecule has 9 heteroatoms. The van der Waals surface area contributed by atoms with Crippen LogP contribution in [0, 0.1) is 27.7 Å². The molecule has 0 spiro atoms. The van der Waals surface area contributed by atoms with Crippen LogP contribution in [0.25, 0.3) is 129 Å². The number of benzene rings is 8. The highest BCUT2D eigenvalue weighted by Gasteiger charge is 2.35. The van der Waals surface area contributed by atoms with Gasteiger partial charge >= 0.3 is 0 Å². The Balaban J connectivity index is 1.03. The highest BCUT2D eigenvalue weighted by Crippen LogP contribution is 2.53. The predicted molar refractivity (Wildman–Crippen MR) is 338 cm³/mol. The van der Waals surface area contributed by atoms with E-state index in [2.05, 4.69) is 193 Å². The van der Waals surface area contributed by atoms with Gasteiger partial charge in [-0.05, 0) is 164 Å². The Kier molecular flexibility index (Phi) is 12.4. The van der Waals surface area contributed by atoms with Crippen LogP contribution in [-0.2, 0) is 9.84 Å². The second-order valence-corrected chi connectivity index (χ2v) is 24.7. The molecule has 0 aliphatic carbocycles. The second-order valence-electron chi connectivity index (χ2n) is 20.8. The van der Waals surface area contributed by atoms with E-state index >= 15 is 8.42 Å². The maximum atomic E-state index is 17.4. The number of rotatable bonds is 10. The van der Waals surface area contributed by atoms with Crippen LogP contribution in [0.5, 0.6) is 0 Å². The molecule has 0 fully saturated rings. The van der Waals surface area contributed by atoms with Crippen LogP contribution >= 0.6 is 22.7 Å². The van der Waals surface area contributed by atoms with Crippen molar-refractivity contribution in [3.63, 3.8) is 0 Å². The highest BCUT2D eigenvalue weighted by molar-refractivity contribution is 7.92. The third kappa shape index (κ3) is 8.64. The van der Waals surface area contributed by atoms with Gasteiger partial charge in [0, 0.05) is 101 Å². The Morgan fingerprint density at radius 3 is 0.926 bits per heavy atom. The van der Waals surface area contributed by atoms with Crippen molar-refractivity contribution in [1.82, 2.24) is 19.9 Å². The second kappa shape index (κ2) is 20.1. The Morgan fingerprint density at radius 1 is 0.333 bits per heavy atom. The van der Waals surface area contributed by atoms with E-state index in [1.165, 1.54) is 0 Å². The van der Waals surface area contributed by atoms with Gasteiger partial charge in [0.15, 0.2) is 0 Å². The quantitative estimate of drug-likeness (QED) is 0.136. The van der Waals surface area contributed by atoms with Gasteiger partial charge in [0.2, 0.25) is 9.84 Å². The summed E-state index contributed by atoms with van der Waals surface area (Å²) in [6, 6.07) is 62.9. The van der Waals surface area contributed by atoms with Crippen molar-refractivity contribution in [2.24, 2.45) is 0 Å². The van der Waals surface area contributed by atoms with Gasteiger partial charge in [0.1, 0.15) is 0 Å². The number of aryl methyl sites for hydroxylation is 4. The minimum Gasteiger partial charge on any atom is -0.264 e. The normalized spacial score (nSPS) is 11.8. The van der Waals surface area contributed by atoms with Crippen molar-refractivity contribution in [2.75, 3.05) is 0 Å². The summed E-state index contributed by atoms with van der Waals surface area (Å²) in [4.78, 5) is 18.1. The maximum Gasteiger partial charge on any atom is 0.209 e. The lowest BCUT2D eigenvalue weighted by molar-refractivity contribution is 0.598. The van der Waals surface area contributed by atoms with Crippen molar-refractivity contribution in [3.05, 3.63) is 254 Å². The van der Waals surface area contributed by atoms with Gasteiger partial charge in [-0.15, -0.1) is 22.7 Å². The Bertz CT molecular complexity index is 4550. The van der Waals surface area contributed by atoms with Gasteiger partial charge in [0.25, 0.3) is 0 Å². The molecule has 0 atom stereocenters. The fourth-order valence-electron chi connectivity index (χ4n) is 11.9. The fourth-order valence-corrected chi connectivity index (χ4v) is 16.9. The Labute approximate surface area is 478 Å². The van der Waals surface area contributed by atoms with E-state index < -0.39 is 9.84 Å². The van der Waals surface area contributed by atoms with Crippen molar-refractivity contribution >= 4 is 72.9 Å². The average Bonchev–Trinajstić information content (AvgIpc) is 3.93. The van der Waals surface area contributed by atoms with Crippen LogP contribution in [0.4, 0.5) is 0 Å². The number of pyridine rings is 4. The summed E-state index contributed by atoms with van der Waals surface area (Å²) in [6.45, 7) is 8.46. The number of sulfone groups is 1. The van der Waals surface area contributed by atoms with Gasteiger partial charge in [-0.25, -0.2) is 8.42 Å². The number of thiophene rings is 2. The molecule has 0 saturated carbocycles. The summed E-state index contributed by atoms with van der Waals surface area (Å²) in [7, 11) is -4.47. The van der Waals surface area contributed by atoms with Crippen LogP contribution in [0.2, 0.25) is 0 Å². The minimum atomic E-state index is -4.47. The molecule has 0 aliphatic heterocycles. The van der Waals surface area contributed by atoms with Crippen molar-refractivity contribution in [3.8, 4) is 89.0 Å². The van der Waals surface area contributed by atoms with E-state index in [-0.39, 0.29) is 0 Å². The lowest BCUT2D eigenvalue weighted by atomic mass is 9.94. The van der Waals surface area contributed by atoms with E-state index in [1.54, 1.807) is 47.5 Å². The number of hydrogen-bond donors (Lipinski definition) is 0. The first-order chi connectivity index (χ1) is 39.6. The standard InChI is InChI=1S/C72H50N4O2S3/c1-43-37-63-67(61-31-29-59(45(3)69(61)79-63)51-21-13-47(14-22-51)55-9-5-33-73-39-55)71(65(43)53-25-17-49(18-26-53)57-11-7-35-75-41-57)81(77,78)72-66(54-27-19-50(20-28-54)58-12-8-36-76-42-58)44(2)38-64-68(72)62-32-30-60(46(4)70(62)80-64)52-23-15-48(16-24-52)56-10-6-34-74-40-56/h5-42H,1-4H3. The molecule has 0 bridgehead atoms. The van der Waals surface area contributed by atoms with Gasteiger partial charge < -0.3 is 0 Å². The Morgan fingerprint density at radius 2 is 0.630 bits per heavy atom. The van der Waals surface area contributed by atoms with Crippen molar-refractivity contribution in [2.45, 2.75) is 37.5 Å². The smallest absolute Gasteiger partial charge is 0.209 e. The maximum absolute atomic E-state index is 17.4. The first-order valence-electron chi connectivity index (χ1n) is 26.9. The van der Waals surface area contributed by atoms with Gasteiger partial charge in [-0.2, -0.15) is 0 Å². The van der Waals surface area contributed by atoms with E-state index in [4.69, 9.17) is 0 Å². The molecule has 14 aromatic rings. The van der Waals surface area contributed by atoms with Crippen LogP contribution < -0.4 is 0 Å². The molecule has 8 aromatic carbocycles. The molecule has 0 N–H and O–H groups in total. The Hall–Kier alpha value is -9.25. The van der Waals surface area contributed by atoms with Gasteiger partial charge in [-0.3, -0.25) is 19.9 Å². The molecule has 0 amide bonds. The van der Waals surface area contributed by atoms with E-state index in [0.717, 1.165) is 140 Å². The molecule has 14 rings (SSSR count). The summed E-state index contributed by atoms with van der Waals surface area (Å²) in [5.74, 6) is 0. The largest absolute Gasteiger partial charge is 0.264 e. The SMILES string of the molecule is Cc1cc2sc3c(C)c(-c4ccc(-c5cccnc5)cc4)ccc3c2c(S(=O)(=O)c2c(-c3ccc(-c4cccnc4)cc3)c(C)cc3sc4c(C)c(-c5ccc(-c6cccnc6)cc5)ccc4c23)c1-c1ccc(-c2cccnc2)cc1. The topological polar surface area (TPSA) is 85.7 Å². The zero-order chi connectivity index (χ0) is 54.9. The average molecular weight is 1100 g/mol. The van der Waals surface area contributed by atoms with Gasteiger partial charge in [-0.1, -0.05) is 146 Å². The number of aromatic nitrogens is 4. The van der Waals surface area contributed by atoms with Crippen LogP contribution in [-0.4, -0.2) is 28.4 Å². The monoisotopic (exact) mass is 1100 g/mol. The highest BCUT2D eigenvalue weighted by atomic mass is 32.2. The number of hydrogen-bond acceptors (Lipinski definition) is 8. The zero-order valence-electron chi connectivity index (χ0n) is 44.8. The number of nitrogens with zero attached hydrogens (tertiary/aromatic N) is 4. The summed E-state index contributed by atoms with van der Waals surface area (Å²) in [5, 5.41) is 3.28. The summed E-state index contributed by atoms with van der Waals surface area (Å²) < 4.78 is 38.8. The third-order valence-electron chi connectivity index (χ3n) is 15.9. The molecule has 388 valence electrons. The molecular weight excluding hydrogens is 1050 g/mol. The molecular formula is C72H50N4O2S3. The molecule has 6 aromatic heterocycles. The van der Waals surface area contributed by atoms with Gasteiger partial charge in [0.05, 0.1) is 9.79 Å². The minimum absolute atomic E-state index is 0.312. The lowest BCUT2D eigenvalue weighted by Crippen LogP contribution is -2.09. The van der Waals surface area contributed by atoms with E-state index in [1.807, 2.05) is 61.2 Å². The summed E-state index contributed by atoms with van der Waals surface area (Å²) >= 11 is 3.33. The first-order valence-corrected chi connectivity index (χ1v) is 30.0. The first kappa shape index (κ1) is 50.0. The molecule has 6 nitrogen and oxygen atoms in total. The van der Waals surface area contributed by atoms with E-state index in [0.29, 0.717) is 20.9 Å². The van der Waals surface area contributed by atoms with Crippen LogP contribution in [0.3, 0.4) is 0 Å². The van der Waals surface area contributed by atoms with Crippen molar-refractivity contribution in [1.29, 1.82) is 0 Å². The molecule has 0 radical (unpaired) electrons. The van der Waals surface area contributed by atoms with E-state index in [9.17, 15) is 0 Å². The lowest BCUT2D eigenvalue weighted by Gasteiger charge is -2.21. The van der Waals surface area contributed by atoms with Crippen LogP contribution in [0.1, 0.15) is 22.3 Å². The number of fused-ring (bicyclic) bond motifs is 6.